The lowest BCUT2D eigenvalue weighted by Gasteiger charge is -2.33. The molecule has 0 aliphatic carbocycles. The van der Waals surface area contributed by atoms with Gasteiger partial charge in [-0.05, 0) is 54.3 Å². The Bertz CT molecular complexity index is 1400. The van der Waals surface area contributed by atoms with Gasteiger partial charge < -0.3 is 10.2 Å². The molecule has 40 heavy (non-hydrogen) atoms. The largest absolute Gasteiger partial charge is 0.354 e. The van der Waals surface area contributed by atoms with E-state index in [4.69, 9.17) is 11.6 Å². The van der Waals surface area contributed by atoms with Crippen LogP contribution >= 0.6 is 11.6 Å². The van der Waals surface area contributed by atoms with E-state index in [1.807, 2.05) is 37.3 Å². The molecular weight excluding hydrogens is 553 g/mol. The van der Waals surface area contributed by atoms with E-state index in [9.17, 15) is 22.4 Å². The molecule has 0 spiro atoms. The second-order valence-electron chi connectivity index (χ2n) is 9.70. The minimum atomic E-state index is -3.90. The van der Waals surface area contributed by atoms with Crippen molar-refractivity contribution < 1.29 is 22.4 Å². The second-order valence-corrected chi connectivity index (χ2v) is 12.0. The van der Waals surface area contributed by atoms with Gasteiger partial charge in [0.2, 0.25) is 21.8 Å². The normalized spacial score (nSPS) is 12.0. The molecule has 2 amide bonds. The van der Waals surface area contributed by atoms with Crippen molar-refractivity contribution in [1.82, 2.24) is 10.2 Å². The number of carbonyl (C=O) groups is 2. The van der Waals surface area contributed by atoms with Gasteiger partial charge in [-0.15, -0.1) is 0 Å². The molecule has 0 saturated heterocycles. The van der Waals surface area contributed by atoms with Crippen LogP contribution in [0.15, 0.2) is 72.8 Å². The monoisotopic (exact) mass is 587 g/mol. The fraction of sp³-hybridized carbons (Fsp3) is 0.333. The maximum absolute atomic E-state index is 14.0. The van der Waals surface area contributed by atoms with E-state index in [0.29, 0.717) is 17.1 Å². The van der Waals surface area contributed by atoms with Crippen molar-refractivity contribution in [3.8, 4) is 0 Å². The highest BCUT2D eigenvalue weighted by Gasteiger charge is 2.33. The number of unbranched alkanes of at least 4 members (excludes halogenated alkanes) is 1. The first-order chi connectivity index (χ1) is 19.0. The van der Waals surface area contributed by atoms with Gasteiger partial charge in [-0.3, -0.25) is 13.9 Å². The summed E-state index contributed by atoms with van der Waals surface area (Å²) in [6, 6.07) is 18.7. The topological polar surface area (TPSA) is 86.8 Å². The Morgan fingerprint density at radius 3 is 2.27 bits per heavy atom. The number of carbonyl (C=O) groups excluding carboxylic acids is 2. The molecule has 3 rings (SSSR count). The number of nitrogens with one attached hydrogen (secondary N) is 1. The van der Waals surface area contributed by atoms with Crippen molar-refractivity contribution in [2.24, 2.45) is 0 Å². The summed E-state index contributed by atoms with van der Waals surface area (Å²) in [5.41, 5.74) is 2.42. The lowest BCUT2D eigenvalue weighted by Crippen LogP contribution is -2.53. The minimum absolute atomic E-state index is 0.0237. The van der Waals surface area contributed by atoms with E-state index >= 15 is 0 Å². The molecule has 7 nitrogen and oxygen atoms in total. The van der Waals surface area contributed by atoms with Crippen LogP contribution in [0.25, 0.3) is 0 Å². The predicted octanol–water partition coefficient (Wildman–Crippen LogP) is 5.11. The zero-order valence-electron chi connectivity index (χ0n) is 22.9. The van der Waals surface area contributed by atoms with Crippen LogP contribution < -0.4 is 9.62 Å². The van der Waals surface area contributed by atoms with Gasteiger partial charge in [0.15, 0.2) is 0 Å². The van der Waals surface area contributed by atoms with E-state index in [1.54, 1.807) is 19.1 Å². The lowest BCUT2D eigenvalue weighted by molar-refractivity contribution is -0.140. The Labute approximate surface area is 241 Å². The molecular formula is C30H35ClFN3O4S. The molecule has 0 aromatic heterocycles. The highest BCUT2D eigenvalue weighted by Crippen LogP contribution is 2.25. The van der Waals surface area contributed by atoms with Crippen molar-refractivity contribution in [1.29, 1.82) is 0 Å². The summed E-state index contributed by atoms with van der Waals surface area (Å²) in [7, 11) is -3.90. The Hall–Kier alpha value is -3.43. The average molecular weight is 588 g/mol. The highest BCUT2D eigenvalue weighted by atomic mass is 35.5. The minimum Gasteiger partial charge on any atom is -0.354 e. The van der Waals surface area contributed by atoms with E-state index < -0.39 is 34.3 Å². The van der Waals surface area contributed by atoms with Crippen LogP contribution in [0.4, 0.5) is 10.1 Å². The zero-order chi connectivity index (χ0) is 29.3. The molecule has 0 radical (unpaired) electrons. The van der Waals surface area contributed by atoms with Crippen molar-refractivity contribution in [3.63, 3.8) is 0 Å². The van der Waals surface area contributed by atoms with Crippen LogP contribution in [0.2, 0.25) is 5.02 Å². The quantitative estimate of drug-likeness (QED) is 0.282. The molecule has 10 heteroatoms. The van der Waals surface area contributed by atoms with Gasteiger partial charge in [-0.25, -0.2) is 12.8 Å². The standard InChI is InChI=1S/C30H35ClFN3O4S/c1-4-5-17-33-30(37)28(18-23-9-7-6-8-10-23)34(20-24-12-14-25(32)15-13-24)29(36)21-35(40(3,38)39)26-16-11-22(2)27(31)19-26/h6-16,19,28H,4-5,17-18,20-21H2,1-3H3,(H,33,37). The van der Waals surface area contributed by atoms with Gasteiger partial charge in [0.1, 0.15) is 18.4 Å². The average Bonchev–Trinajstić information content (AvgIpc) is 2.92. The van der Waals surface area contributed by atoms with E-state index in [1.165, 1.54) is 35.2 Å². The third-order valence-electron chi connectivity index (χ3n) is 6.49. The van der Waals surface area contributed by atoms with Crippen LogP contribution in [0.5, 0.6) is 0 Å². The first kappa shape index (κ1) is 31.1. The number of benzene rings is 3. The zero-order valence-corrected chi connectivity index (χ0v) is 24.5. The molecule has 0 fully saturated rings. The molecule has 3 aromatic carbocycles. The number of hydrogen-bond acceptors (Lipinski definition) is 4. The van der Waals surface area contributed by atoms with Crippen molar-refractivity contribution >= 4 is 39.1 Å². The van der Waals surface area contributed by atoms with Crippen LogP contribution in [-0.2, 0) is 32.6 Å². The van der Waals surface area contributed by atoms with E-state index in [-0.39, 0.29) is 24.6 Å². The Morgan fingerprint density at radius 2 is 1.68 bits per heavy atom. The lowest BCUT2D eigenvalue weighted by atomic mass is 10.0. The summed E-state index contributed by atoms with van der Waals surface area (Å²) in [5.74, 6) is -1.37. The molecule has 0 aliphatic heterocycles. The Morgan fingerprint density at radius 1 is 1.00 bits per heavy atom. The third-order valence-corrected chi connectivity index (χ3v) is 8.04. The molecule has 0 heterocycles. The second kappa shape index (κ2) is 14.3. The molecule has 1 atom stereocenters. The number of halogens is 2. The van der Waals surface area contributed by atoms with Gasteiger partial charge in [0.25, 0.3) is 0 Å². The SMILES string of the molecule is CCCCNC(=O)C(Cc1ccccc1)N(Cc1ccc(F)cc1)C(=O)CN(c1ccc(C)c(Cl)c1)S(C)(=O)=O. The molecule has 1 N–H and O–H groups in total. The summed E-state index contributed by atoms with van der Waals surface area (Å²) < 4.78 is 40.3. The maximum Gasteiger partial charge on any atom is 0.244 e. The Kier molecular flexibility index (Phi) is 11.1. The van der Waals surface area contributed by atoms with Crippen molar-refractivity contribution in [2.45, 2.75) is 45.7 Å². The van der Waals surface area contributed by atoms with E-state index in [0.717, 1.165) is 34.5 Å². The smallest absolute Gasteiger partial charge is 0.244 e. The molecule has 214 valence electrons. The summed E-state index contributed by atoms with van der Waals surface area (Å²) in [4.78, 5) is 28.9. The summed E-state index contributed by atoms with van der Waals surface area (Å²) in [6.07, 6.45) is 2.87. The van der Waals surface area contributed by atoms with Gasteiger partial charge in [-0.1, -0.05) is 73.5 Å². The van der Waals surface area contributed by atoms with Crippen LogP contribution in [0, 0.1) is 12.7 Å². The van der Waals surface area contributed by atoms with Crippen LogP contribution in [0.1, 0.15) is 36.5 Å². The highest BCUT2D eigenvalue weighted by molar-refractivity contribution is 7.92. The summed E-state index contributed by atoms with van der Waals surface area (Å²) in [5, 5.41) is 3.28. The fourth-order valence-electron chi connectivity index (χ4n) is 4.20. The van der Waals surface area contributed by atoms with Gasteiger partial charge in [0, 0.05) is 24.5 Å². The number of amides is 2. The molecule has 3 aromatic rings. The Balaban J connectivity index is 2.03. The van der Waals surface area contributed by atoms with Crippen molar-refractivity contribution in [2.75, 3.05) is 23.7 Å². The molecule has 1 unspecified atom stereocenters. The molecule has 0 bridgehead atoms. The number of sulfonamides is 1. The first-order valence-corrected chi connectivity index (χ1v) is 15.3. The van der Waals surface area contributed by atoms with Gasteiger partial charge in [0.05, 0.1) is 11.9 Å². The van der Waals surface area contributed by atoms with Crippen molar-refractivity contribution in [3.05, 3.63) is 100 Å². The van der Waals surface area contributed by atoms with Gasteiger partial charge >= 0.3 is 0 Å². The van der Waals surface area contributed by atoms with Crippen LogP contribution in [-0.4, -0.2) is 50.5 Å². The predicted molar refractivity (Wildman–Crippen MR) is 157 cm³/mol. The number of rotatable bonds is 13. The number of aryl methyl sites for hydroxylation is 1. The maximum atomic E-state index is 14.0. The summed E-state index contributed by atoms with van der Waals surface area (Å²) >= 11 is 6.27. The van der Waals surface area contributed by atoms with Crippen LogP contribution in [0.3, 0.4) is 0 Å². The van der Waals surface area contributed by atoms with E-state index in [2.05, 4.69) is 5.32 Å². The first-order valence-electron chi connectivity index (χ1n) is 13.1. The van der Waals surface area contributed by atoms with Gasteiger partial charge in [-0.2, -0.15) is 0 Å². The number of nitrogens with zero attached hydrogens (tertiary/aromatic N) is 2. The number of anilines is 1. The summed E-state index contributed by atoms with van der Waals surface area (Å²) in [6.45, 7) is 3.67. The fourth-order valence-corrected chi connectivity index (χ4v) is 5.21. The molecule has 0 aliphatic rings. The number of hydrogen-bond donors (Lipinski definition) is 1. The third kappa shape index (κ3) is 8.79. The molecule has 0 saturated carbocycles.